The quantitative estimate of drug-likeness (QED) is 0.726. The molecular weight excluding hydrogens is 236 g/mol. The maximum absolute atomic E-state index is 13.4. The van der Waals surface area contributed by atoms with Gasteiger partial charge >= 0.3 is 0 Å². The second-order valence-electron chi connectivity index (χ2n) is 4.63. The molecular formula is C14H17F2NO. The van der Waals surface area contributed by atoms with Crippen molar-refractivity contribution < 1.29 is 13.6 Å². The van der Waals surface area contributed by atoms with Crippen LogP contribution < -0.4 is 0 Å². The molecule has 0 atom stereocenters. The van der Waals surface area contributed by atoms with E-state index in [-0.39, 0.29) is 17.8 Å². The average molecular weight is 253 g/mol. The van der Waals surface area contributed by atoms with Crippen LogP contribution in [0.3, 0.4) is 0 Å². The molecule has 2 rings (SSSR count). The standard InChI is InChI=1S/C14H17F2NO/c1-2-17(10-6-7-10)9-8-13(18)11-4-3-5-12(15)14(11)16/h3-5,10H,2,6-9H2,1H3. The first kappa shape index (κ1) is 13.1. The van der Waals surface area contributed by atoms with Crippen molar-refractivity contribution in [2.24, 2.45) is 0 Å². The molecule has 0 saturated heterocycles. The van der Waals surface area contributed by atoms with E-state index in [4.69, 9.17) is 0 Å². The zero-order valence-electron chi connectivity index (χ0n) is 10.5. The van der Waals surface area contributed by atoms with Gasteiger partial charge in [-0.05, 0) is 31.5 Å². The SMILES string of the molecule is CCN(CCC(=O)c1cccc(F)c1F)C1CC1. The Morgan fingerprint density at radius 3 is 2.72 bits per heavy atom. The molecule has 1 aromatic rings. The summed E-state index contributed by atoms with van der Waals surface area (Å²) in [5.41, 5.74) is -0.137. The van der Waals surface area contributed by atoms with Gasteiger partial charge in [0.1, 0.15) is 0 Å². The third kappa shape index (κ3) is 2.93. The highest BCUT2D eigenvalue weighted by Crippen LogP contribution is 2.26. The molecule has 98 valence electrons. The molecule has 0 heterocycles. The minimum absolute atomic E-state index is 0.137. The van der Waals surface area contributed by atoms with Gasteiger partial charge in [0.25, 0.3) is 0 Å². The summed E-state index contributed by atoms with van der Waals surface area (Å²) in [6, 6.07) is 4.31. The third-order valence-electron chi connectivity index (χ3n) is 3.35. The fraction of sp³-hybridized carbons (Fsp3) is 0.500. The minimum Gasteiger partial charge on any atom is -0.300 e. The second-order valence-corrected chi connectivity index (χ2v) is 4.63. The molecule has 0 unspecified atom stereocenters. The topological polar surface area (TPSA) is 20.3 Å². The van der Waals surface area contributed by atoms with Crippen molar-refractivity contribution in [3.63, 3.8) is 0 Å². The lowest BCUT2D eigenvalue weighted by Gasteiger charge is -2.19. The van der Waals surface area contributed by atoms with Crippen LogP contribution in [0.5, 0.6) is 0 Å². The van der Waals surface area contributed by atoms with E-state index in [1.807, 2.05) is 6.92 Å². The van der Waals surface area contributed by atoms with Crippen LogP contribution in [0.15, 0.2) is 18.2 Å². The average Bonchev–Trinajstić information content (AvgIpc) is 3.17. The van der Waals surface area contributed by atoms with Gasteiger partial charge in [-0.1, -0.05) is 13.0 Å². The lowest BCUT2D eigenvalue weighted by atomic mass is 10.1. The molecule has 1 aliphatic rings. The predicted molar refractivity (Wildman–Crippen MR) is 65.6 cm³/mol. The fourth-order valence-corrected chi connectivity index (χ4v) is 2.14. The van der Waals surface area contributed by atoms with Gasteiger partial charge in [0.15, 0.2) is 17.4 Å². The van der Waals surface area contributed by atoms with Crippen LogP contribution in [0.1, 0.15) is 36.5 Å². The molecule has 1 aromatic carbocycles. The zero-order valence-corrected chi connectivity index (χ0v) is 10.5. The van der Waals surface area contributed by atoms with Crippen molar-refractivity contribution >= 4 is 5.78 Å². The van der Waals surface area contributed by atoms with Crippen LogP contribution in [0.4, 0.5) is 8.78 Å². The van der Waals surface area contributed by atoms with E-state index in [1.165, 1.54) is 25.0 Å². The number of carbonyl (C=O) groups is 1. The van der Waals surface area contributed by atoms with Crippen LogP contribution in [0, 0.1) is 11.6 Å². The van der Waals surface area contributed by atoms with E-state index in [1.54, 1.807) is 0 Å². The summed E-state index contributed by atoms with van der Waals surface area (Å²) >= 11 is 0. The Kier molecular flexibility index (Phi) is 4.07. The van der Waals surface area contributed by atoms with Gasteiger partial charge in [0.05, 0.1) is 5.56 Å². The van der Waals surface area contributed by atoms with Crippen molar-refractivity contribution in [2.75, 3.05) is 13.1 Å². The molecule has 2 nitrogen and oxygen atoms in total. The van der Waals surface area contributed by atoms with E-state index in [9.17, 15) is 13.6 Å². The summed E-state index contributed by atoms with van der Waals surface area (Å²) in [5.74, 6) is -2.32. The molecule has 0 radical (unpaired) electrons. The van der Waals surface area contributed by atoms with Crippen LogP contribution >= 0.6 is 0 Å². The van der Waals surface area contributed by atoms with E-state index in [0.717, 1.165) is 12.6 Å². The second kappa shape index (κ2) is 5.57. The lowest BCUT2D eigenvalue weighted by molar-refractivity contribution is 0.0959. The van der Waals surface area contributed by atoms with E-state index < -0.39 is 11.6 Å². The van der Waals surface area contributed by atoms with E-state index in [0.29, 0.717) is 12.6 Å². The molecule has 1 saturated carbocycles. The fourth-order valence-electron chi connectivity index (χ4n) is 2.14. The number of benzene rings is 1. The summed E-state index contributed by atoms with van der Waals surface area (Å²) in [6.07, 6.45) is 2.59. The smallest absolute Gasteiger partial charge is 0.169 e. The molecule has 0 aromatic heterocycles. The van der Waals surface area contributed by atoms with Crippen molar-refractivity contribution in [2.45, 2.75) is 32.2 Å². The molecule has 4 heteroatoms. The van der Waals surface area contributed by atoms with Gasteiger partial charge in [-0.25, -0.2) is 8.78 Å². The van der Waals surface area contributed by atoms with Crippen molar-refractivity contribution in [3.05, 3.63) is 35.4 Å². The molecule has 1 aliphatic carbocycles. The molecule has 18 heavy (non-hydrogen) atoms. The molecule has 0 spiro atoms. The summed E-state index contributed by atoms with van der Waals surface area (Å²) < 4.78 is 26.4. The largest absolute Gasteiger partial charge is 0.300 e. The minimum atomic E-state index is -1.03. The number of halogens is 2. The maximum atomic E-state index is 13.4. The number of carbonyl (C=O) groups excluding carboxylic acids is 1. The predicted octanol–water partition coefficient (Wildman–Crippen LogP) is 3.02. The van der Waals surface area contributed by atoms with E-state index >= 15 is 0 Å². The first-order chi connectivity index (χ1) is 8.63. The maximum Gasteiger partial charge on any atom is 0.169 e. The molecule has 0 bridgehead atoms. The van der Waals surface area contributed by atoms with Gasteiger partial charge in [0, 0.05) is 19.0 Å². The first-order valence-corrected chi connectivity index (χ1v) is 6.34. The number of Topliss-reactive ketones (excluding diaryl/α,β-unsaturated/α-hetero) is 1. The highest BCUT2D eigenvalue weighted by atomic mass is 19.2. The Balaban J connectivity index is 1.96. The summed E-state index contributed by atoms with van der Waals surface area (Å²) in [5, 5.41) is 0. The molecule has 0 N–H and O–H groups in total. The Morgan fingerprint density at radius 2 is 2.11 bits per heavy atom. The van der Waals surface area contributed by atoms with Gasteiger partial charge < -0.3 is 4.90 Å². The Morgan fingerprint density at radius 1 is 1.39 bits per heavy atom. The van der Waals surface area contributed by atoms with Crippen molar-refractivity contribution in [3.8, 4) is 0 Å². The third-order valence-corrected chi connectivity index (χ3v) is 3.35. The number of nitrogens with zero attached hydrogens (tertiary/aromatic N) is 1. The van der Waals surface area contributed by atoms with Gasteiger partial charge in [-0.2, -0.15) is 0 Å². The number of hydrogen-bond acceptors (Lipinski definition) is 2. The number of hydrogen-bond donors (Lipinski definition) is 0. The van der Waals surface area contributed by atoms with Crippen LogP contribution in [-0.4, -0.2) is 29.8 Å². The molecule has 0 amide bonds. The Bertz CT molecular complexity index is 443. The van der Waals surface area contributed by atoms with Crippen molar-refractivity contribution in [1.82, 2.24) is 4.90 Å². The Hall–Kier alpha value is -1.29. The summed E-state index contributed by atoms with van der Waals surface area (Å²) in [4.78, 5) is 14.1. The van der Waals surface area contributed by atoms with Crippen LogP contribution in [0.25, 0.3) is 0 Å². The first-order valence-electron chi connectivity index (χ1n) is 6.34. The zero-order chi connectivity index (χ0) is 13.1. The van der Waals surface area contributed by atoms with E-state index in [2.05, 4.69) is 4.90 Å². The summed E-state index contributed by atoms with van der Waals surface area (Å²) in [7, 11) is 0. The van der Waals surface area contributed by atoms with Gasteiger partial charge in [-0.3, -0.25) is 4.79 Å². The summed E-state index contributed by atoms with van der Waals surface area (Å²) in [6.45, 7) is 3.56. The normalized spacial score (nSPS) is 15.1. The van der Waals surface area contributed by atoms with Gasteiger partial charge in [-0.15, -0.1) is 0 Å². The van der Waals surface area contributed by atoms with Crippen LogP contribution in [0.2, 0.25) is 0 Å². The van der Waals surface area contributed by atoms with Crippen molar-refractivity contribution in [1.29, 1.82) is 0 Å². The number of ketones is 1. The lowest BCUT2D eigenvalue weighted by Crippen LogP contribution is -2.28. The Labute approximate surface area is 106 Å². The molecule has 1 fully saturated rings. The monoisotopic (exact) mass is 253 g/mol. The van der Waals surface area contributed by atoms with Crippen LogP contribution in [-0.2, 0) is 0 Å². The highest BCUT2D eigenvalue weighted by Gasteiger charge is 2.28. The van der Waals surface area contributed by atoms with Gasteiger partial charge in [0.2, 0.25) is 0 Å². The number of rotatable bonds is 6. The highest BCUT2D eigenvalue weighted by molar-refractivity contribution is 5.96. The molecule has 0 aliphatic heterocycles.